The van der Waals surface area contributed by atoms with Gasteiger partial charge in [-0.2, -0.15) is 0 Å². The lowest BCUT2D eigenvalue weighted by atomic mass is 10.1. The first-order valence-corrected chi connectivity index (χ1v) is 7.67. The first kappa shape index (κ1) is 16.2. The molecule has 106 valence electrons. The lowest BCUT2D eigenvalue weighted by Crippen LogP contribution is -2.24. The molecule has 0 saturated heterocycles. The maximum Gasteiger partial charge on any atom is 0.252 e. The fourth-order valence-corrected chi connectivity index (χ4v) is 2.41. The summed E-state index contributed by atoms with van der Waals surface area (Å²) in [5.74, 6) is -0.500. The van der Waals surface area contributed by atoms with Gasteiger partial charge in [-0.3, -0.25) is 4.79 Å². The van der Waals surface area contributed by atoms with Crippen LogP contribution in [0, 0.1) is 5.82 Å². The van der Waals surface area contributed by atoms with Gasteiger partial charge in [0.2, 0.25) is 0 Å². The van der Waals surface area contributed by atoms with Gasteiger partial charge in [0.1, 0.15) is 5.82 Å². The highest BCUT2D eigenvalue weighted by Crippen LogP contribution is 2.17. The zero-order valence-corrected chi connectivity index (χ0v) is 12.9. The molecule has 2 nitrogen and oxygen atoms in total. The molecule has 0 aliphatic carbocycles. The second kappa shape index (κ2) is 9.08. The van der Waals surface area contributed by atoms with E-state index in [0.29, 0.717) is 16.6 Å². The van der Waals surface area contributed by atoms with Crippen LogP contribution in [0.4, 0.5) is 4.39 Å². The van der Waals surface area contributed by atoms with Crippen molar-refractivity contribution in [3.05, 3.63) is 34.1 Å². The van der Waals surface area contributed by atoms with Crippen molar-refractivity contribution < 1.29 is 9.18 Å². The summed E-state index contributed by atoms with van der Waals surface area (Å²) in [4.78, 5) is 11.8. The Balaban J connectivity index is 2.24. The summed E-state index contributed by atoms with van der Waals surface area (Å²) in [5, 5.41) is 2.86. The molecule has 0 radical (unpaired) electrons. The number of amides is 1. The summed E-state index contributed by atoms with van der Waals surface area (Å²) < 4.78 is 13.4. The summed E-state index contributed by atoms with van der Waals surface area (Å²) in [5.41, 5.74) is 0.479. The molecule has 0 spiro atoms. The van der Waals surface area contributed by atoms with Gasteiger partial charge >= 0.3 is 0 Å². The minimum atomic E-state index is -0.348. The molecule has 0 atom stereocenters. The molecule has 0 saturated carbocycles. The first-order chi connectivity index (χ1) is 9.15. The van der Waals surface area contributed by atoms with E-state index < -0.39 is 0 Å². The third kappa shape index (κ3) is 6.19. The number of carbonyl (C=O) groups excluding carboxylic acids is 1. The molecule has 1 rings (SSSR count). The highest BCUT2D eigenvalue weighted by Gasteiger charge is 2.09. The van der Waals surface area contributed by atoms with Crippen LogP contribution in [0.5, 0.6) is 0 Å². The van der Waals surface area contributed by atoms with E-state index in [2.05, 4.69) is 28.2 Å². The number of halogens is 2. The normalized spacial score (nSPS) is 10.5. The second-order valence-electron chi connectivity index (χ2n) is 4.65. The number of rotatable bonds is 8. The van der Waals surface area contributed by atoms with Crippen molar-refractivity contribution in [2.24, 2.45) is 0 Å². The van der Waals surface area contributed by atoms with Gasteiger partial charge in [0.05, 0.1) is 5.56 Å². The third-order valence-corrected chi connectivity index (χ3v) is 3.65. The van der Waals surface area contributed by atoms with E-state index in [1.165, 1.54) is 43.9 Å². The summed E-state index contributed by atoms with van der Waals surface area (Å²) in [6, 6.07) is 4.10. The predicted octanol–water partition coefficient (Wildman–Crippen LogP) is 4.68. The van der Waals surface area contributed by atoms with Crippen LogP contribution in [0.3, 0.4) is 0 Å². The highest BCUT2D eigenvalue weighted by atomic mass is 79.9. The van der Waals surface area contributed by atoms with Gasteiger partial charge in [-0.1, -0.05) is 39.0 Å². The Hall–Kier alpha value is -0.900. The van der Waals surface area contributed by atoms with E-state index in [-0.39, 0.29) is 11.7 Å². The Labute approximate surface area is 122 Å². The minimum Gasteiger partial charge on any atom is -0.352 e. The summed E-state index contributed by atoms with van der Waals surface area (Å²) in [6.45, 7) is 2.87. The van der Waals surface area contributed by atoms with E-state index in [1.807, 2.05) is 0 Å². The van der Waals surface area contributed by atoms with E-state index >= 15 is 0 Å². The van der Waals surface area contributed by atoms with Crippen molar-refractivity contribution in [2.75, 3.05) is 6.54 Å². The Morgan fingerprint density at radius 2 is 1.89 bits per heavy atom. The number of hydrogen-bond donors (Lipinski definition) is 1. The van der Waals surface area contributed by atoms with Crippen LogP contribution in [0.1, 0.15) is 55.8 Å². The second-order valence-corrected chi connectivity index (χ2v) is 5.50. The fraction of sp³-hybridized carbons (Fsp3) is 0.533. The lowest BCUT2D eigenvalue weighted by molar-refractivity contribution is 0.0952. The van der Waals surface area contributed by atoms with E-state index in [9.17, 15) is 9.18 Å². The van der Waals surface area contributed by atoms with E-state index in [0.717, 1.165) is 12.8 Å². The number of hydrogen-bond acceptors (Lipinski definition) is 1. The van der Waals surface area contributed by atoms with Crippen molar-refractivity contribution in [3.63, 3.8) is 0 Å². The number of benzene rings is 1. The van der Waals surface area contributed by atoms with E-state index in [4.69, 9.17) is 0 Å². The Kier molecular flexibility index (Phi) is 7.72. The topological polar surface area (TPSA) is 29.1 Å². The van der Waals surface area contributed by atoms with Crippen molar-refractivity contribution >= 4 is 21.8 Å². The molecule has 0 aromatic heterocycles. The highest BCUT2D eigenvalue weighted by molar-refractivity contribution is 9.10. The summed E-state index contributed by atoms with van der Waals surface area (Å²) in [6.07, 6.45) is 7.17. The minimum absolute atomic E-state index is 0.152. The zero-order valence-electron chi connectivity index (χ0n) is 11.3. The monoisotopic (exact) mass is 329 g/mol. The number of carbonyl (C=O) groups is 1. The van der Waals surface area contributed by atoms with Gasteiger partial charge in [0.25, 0.3) is 5.91 Å². The van der Waals surface area contributed by atoms with Crippen LogP contribution in [-0.4, -0.2) is 12.5 Å². The molecule has 0 aliphatic heterocycles. The van der Waals surface area contributed by atoms with Crippen LogP contribution < -0.4 is 5.32 Å². The predicted molar refractivity (Wildman–Crippen MR) is 79.8 cm³/mol. The summed E-state index contributed by atoms with van der Waals surface area (Å²) >= 11 is 3.20. The van der Waals surface area contributed by atoms with Crippen molar-refractivity contribution in [1.82, 2.24) is 5.32 Å². The zero-order chi connectivity index (χ0) is 14.1. The number of nitrogens with one attached hydrogen (secondary N) is 1. The van der Waals surface area contributed by atoms with Gasteiger partial charge in [0, 0.05) is 11.0 Å². The fourth-order valence-electron chi connectivity index (χ4n) is 1.88. The van der Waals surface area contributed by atoms with Crippen LogP contribution >= 0.6 is 15.9 Å². The van der Waals surface area contributed by atoms with Crippen LogP contribution in [0.2, 0.25) is 0 Å². The SMILES string of the molecule is CCCCCCCCNC(=O)c1ccc(F)cc1Br. The Bertz CT molecular complexity index is 409. The Morgan fingerprint density at radius 1 is 1.21 bits per heavy atom. The Morgan fingerprint density at radius 3 is 2.58 bits per heavy atom. The summed E-state index contributed by atoms with van der Waals surface area (Å²) in [7, 11) is 0. The van der Waals surface area contributed by atoms with Gasteiger partial charge in [-0.05, 0) is 40.5 Å². The van der Waals surface area contributed by atoms with Crippen LogP contribution in [-0.2, 0) is 0 Å². The maximum absolute atomic E-state index is 12.9. The molecule has 1 aromatic carbocycles. The average Bonchev–Trinajstić information content (AvgIpc) is 2.37. The van der Waals surface area contributed by atoms with Crippen LogP contribution in [0.25, 0.3) is 0 Å². The molecule has 0 fully saturated rings. The maximum atomic E-state index is 12.9. The van der Waals surface area contributed by atoms with Crippen molar-refractivity contribution in [3.8, 4) is 0 Å². The molecule has 0 bridgehead atoms. The molecule has 1 amide bonds. The van der Waals surface area contributed by atoms with Gasteiger partial charge in [0.15, 0.2) is 0 Å². The lowest BCUT2D eigenvalue weighted by Gasteiger charge is -2.07. The number of unbranched alkanes of at least 4 members (excludes halogenated alkanes) is 5. The molecule has 1 N–H and O–H groups in total. The molecule has 19 heavy (non-hydrogen) atoms. The molecular formula is C15H21BrFNO. The molecule has 1 aromatic rings. The van der Waals surface area contributed by atoms with Gasteiger partial charge < -0.3 is 5.32 Å². The van der Waals surface area contributed by atoms with Crippen LogP contribution in [0.15, 0.2) is 22.7 Å². The molecule has 0 aliphatic rings. The molecular weight excluding hydrogens is 309 g/mol. The molecule has 4 heteroatoms. The van der Waals surface area contributed by atoms with Gasteiger partial charge in [-0.15, -0.1) is 0 Å². The standard InChI is InChI=1S/C15H21BrFNO/c1-2-3-4-5-6-7-10-18-15(19)13-9-8-12(17)11-14(13)16/h8-9,11H,2-7,10H2,1H3,(H,18,19). The molecule has 0 heterocycles. The quantitative estimate of drug-likeness (QED) is 0.689. The van der Waals surface area contributed by atoms with E-state index in [1.54, 1.807) is 0 Å². The smallest absolute Gasteiger partial charge is 0.252 e. The first-order valence-electron chi connectivity index (χ1n) is 6.88. The third-order valence-electron chi connectivity index (χ3n) is 2.99. The van der Waals surface area contributed by atoms with Gasteiger partial charge in [-0.25, -0.2) is 4.39 Å². The van der Waals surface area contributed by atoms with Crippen molar-refractivity contribution in [2.45, 2.75) is 45.4 Å². The average molecular weight is 330 g/mol. The largest absolute Gasteiger partial charge is 0.352 e. The van der Waals surface area contributed by atoms with Crippen molar-refractivity contribution in [1.29, 1.82) is 0 Å². The molecule has 0 unspecified atom stereocenters.